The highest BCUT2D eigenvalue weighted by Crippen LogP contribution is 2.24. The zero-order valence-electron chi connectivity index (χ0n) is 10.9. The van der Waals surface area contributed by atoms with Crippen molar-refractivity contribution >= 4 is 5.69 Å². The lowest BCUT2D eigenvalue weighted by molar-refractivity contribution is -0.0504. The van der Waals surface area contributed by atoms with Gasteiger partial charge in [-0.05, 0) is 24.6 Å². The third-order valence-corrected chi connectivity index (χ3v) is 2.87. The second-order valence-electron chi connectivity index (χ2n) is 4.27. The fourth-order valence-electron chi connectivity index (χ4n) is 1.90. The van der Waals surface area contributed by atoms with E-state index >= 15 is 0 Å². The molecule has 106 valence electrons. The van der Waals surface area contributed by atoms with Gasteiger partial charge >= 0.3 is 6.61 Å². The Morgan fingerprint density at radius 3 is 2.55 bits per heavy atom. The number of aryl methyl sites for hydroxylation is 1. The van der Waals surface area contributed by atoms with Gasteiger partial charge in [-0.15, -0.1) is 0 Å². The third kappa shape index (κ3) is 3.44. The molecule has 0 heterocycles. The summed E-state index contributed by atoms with van der Waals surface area (Å²) in [5, 5.41) is 2.91. The van der Waals surface area contributed by atoms with Gasteiger partial charge in [0, 0.05) is 12.1 Å². The van der Waals surface area contributed by atoms with Crippen molar-refractivity contribution in [2.24, 2.45) is 0 Å². The van der Waals surface area contributed by atoms with Crippen LogP contribution in [0, 0.1) is 12.7 Å². The molecule has 2 aromatic rings. The minimum atomic E-state index is -2.88. The third-order valence-electron chi connectivity index (χ3n) is 2.87. The summed E-state index contributed by atoms with van der Waals surface area (Å²) in [4.78, 5) is 0. The van der Waals surface area contributed by atoms with Crippen molar-refractivity contribution in [2.45, 2.75) is 20.1 Å². The maximum absolute atomic E-state index is 13.7. The first kappa shape index (κ1) is 14.2. The number of benzene rings is 2. The van der Waals surface area contributed by atoms with Gasteiger partial charge in [0.15, 0.2) is 0 Å². The molecule has 5 heteroatoms. The molecule has 2 aromatic carbocycles. The molecule has 0 atom stereocenters. The highest BCUT2D eigenvalue weighted by Gasteiger charge is 2.10. The van der Waals surface area contributed by atoms with Crippen molar-refractivity contribution in [3.63, 3.8) is 0 Å². The van der Waals surface area contributed by atoms with Crippen LogP contribution < -0.4 is 10.1 Å². The van der Waals surface area contributed by atoms with Gasteiger partial charge in [-0.1, -0.05) is 30.3 Å². The number of alkyl halides is 2. The summed E-state index contributed by atoms with van der Waals surface area (Å²) in [5.74, 6) is -0.291. The van der Waals surface area contributed by atoms with E-state index in [9.17, 15) is 13.2 Å². The smallest absolute Gasteiger partial charge is 0.387 e. The lowest BCUT2D eigenvalue weighted by atomic mass is 10.1. The van der Waals surface area contributed by atoms with Gasteiger partial charge in [0.1, 0.15) is 11.6 Å². The predicted octanol–water partition coefficient (Wildman–Crippen LogP) is 4.35. The highest BCUT2D eigenvalue weighted by molar-refractivity contribution is 5.52. The molecular formula is C15H14F3NO. The van der Waals surface area contributed by atoms with Crippen LogP contribution in [0.3, 0.4) is 0 Å². The largest absolute Gasteiger partial charge is 0.434 e. The first-order valence-electron chi connectivity index (χ1n) is 6.09. The summed E-state index contributed by atoms with van der Waals surface area (Å²) < 4.78 is 42.7. The van der Waals surface area contributed by atoms with Crippen LogP contribution >= 0.6 is 0 Å². The Morgan fingerprint density at radius 1 is 1.10 bits per heavy atom. The van der Waals surface area contributed by atoms with Crippen LogP contribution in [0.1, 0.15) is 11.1 Å². The zero-order chi connectivity index (χ0) is 14.5. The number of hydrogen-bond acceptors (Lipinski definition) is 2. The molecular weight excluding hydrogens is 267 g/mol. The Bertz CT molecular complexity index is 567. The normalized spacial score (nSPS) is 10.7. The van der Waals surface area contributed by atoms with E-state index in [-0.39, 0.29) is 18.1 Å². The van der Waals surface area contributed by atoms with Crippen LogP contribution in [0.2, 0.25) is 0 Å². The Labute approximate surface area is 115 Å². The molecule has 0 aromatic heterocycles. The van der Waals surface area contributed by atoms with Crippen LogP contribution in [0.15, 0.2) is 42.5 Å². The molecule has 2 rings (SSSR count). The van der Waals surface area contributed by atoms with Crippen molar-refractivity contribution in [3.05, 3.63) is 59.4 Å². The predicted molar refractivity (Wildman–Crippen MR) is 71.5 cm³/mol. The maximum atomic E-state index is 13.7. The molecule has 0 aliphatic carbocycles. The van der Waals surface area contributed by atoms with Crippen LogP contribution in [0.25, 0.3) is 0 Å². The van der Waals surface area contributed by atoms with Crippen molar-refractivity contribution in [3.8, 4) is 5.75 Å². The summed E-state index contributed by atoms with van der Waals surface area (Å²) in [6.07, 6.45) is 0. The lowest BCUT2D eigenvalue weighted by Crippen LogP contribution is -2.08. The topological polar surface area (TPSA) is 21.3 Å². The van der Waals surface area contributed by atoms with Crippen molar-refractivity contribution in [1.82, 2.24) is 0 Å². The number of anilines is 1. The van der Waals surface area contributed by atoms with E-state index in [0.29, 0.717) is 11.3 Å². The SMILES string of the molecule is Cc1cccc(F)c1NCc1ccccc1OC(F)F. The molecule has 0 radical (unpaired) electrons. The number of halogens is 3. The van der Waals surface area contributed by atoms with Crippen LogP contribution in [0.5, 0.6) is 5.75 Å². The van der Waals surface area contributed by atoms with Gasteiger partial charge in [0.25, 0.3) is 0 Å². The first-order valence-corrected chi connectivity index (χ1v) is 6.09. The van der Waals surface area contributed by atoms with Gasteiger partial charge in [0.05, 0.1) is 5.69 Å². The molecule has 0 unspecified atom stereocenters. The second kappa shape index (κ2) is 6.32. The fraction of sp³-hybridized carbons (Fsp3) is 0.200. The Kier molecular flexibility index (Phi) is 4.50. The van der Waals surface area contributed by atoms with Crippen molar-refractivity contribution in [2.75, 3.05) is 5.32 Å². The molecule has 0 bridgehead atoms. The molecule has 2 nitrogen and oxygen atoms in total. The molecule has 0 saturated heterocycles. The van der Waals surface area contributed by atoms with Gasteiger partial charge in [0.2, 0.25) is 0 Å². The van der Waals surface area contributed by atoms with Crippen LogP contribution in [0.4, 0.5) is 18.9 Å². The Balaban J connectivity index is 2.15. The number of para-hydroxylation sites is 2. The van der Waals surface area contributed by atoms with Gasteiger partial charge in [-0.25, -0.2) is 4.39 Å². The number of ether oxygens (including phenoxy) is 1. The summed E-state index contributed by atoms with van der Waals surface area (Å²) >= 11 is 0. The van der Waals surface area contributed by atoms with Gasteiger partial charge in [-0.2, -0.15) is 8.78 Å². The number of rotatable bonds is 5. The van der Waals surface area contributed by atoms with E-state index in [4.69, 9.17) is 0 Å². The monoisotopic (exact) mass is 281 g/mol. The standard InChI is InChI=1S/C15H14F3NO/c1-10-5-4-7-12(16)14(10)19-9-11-6-2-3-8-13(11)20-15(17)18/h2-8,15,19H,9H2,1H3. The highest BCUT2D eigenvalue weighted by atomic mass is 19.3. The molecule has 0 fully saturated rings. The lowest BCUT2D eigenvalue weighted by Gasteiger charge is -2.13. The summed E-state index contributed by atoms with van der Waals surface area (Å²) in [6, 6.07) is 11.2. The fourth-order valence-corrected chi connectivity index (χ4v) is 1.90. The molecule has 0 spiro atoms. The quantitative estimate of drug-likeness (QED) is 0.879. The van der Waals surface area contributed by atoms with Gasteiger partial charge in [-0.3, -0.25) is 0 Å². The van der Waals surface area contributed by atoms with Crippen LogP contribution in [-0.4, -0.2) is 6.61 Å². The van der Waals surface area contributed by atoms with E-state index < -0.39 is 6.61 Å². The Morgan fingerprint density at radius 2 is 1.85 bits per heavy atom. The number of hydrogen-bond donors (Lipinski definition) is 1. The van der Waals surface area contributed by atoms with Crippen molar-refractivity contribution in [1.29, 1.82) is 0 Å². The molecule has 0 aliphatic rings. The first-order chi connectivity index (χ1) is 9.58. The van der Waals surface area contributed by atoms with E-state index in [1.807, 2.05) is 0 Å². The average molecular weight is 281 g/mol. The molecule has 20 heavy (non-hydrogen) atoms. The summed E-state index contributed by atoms with van der Waals surface area (Å²) in [6.45, 7) is -0.913. The second-order valence-corrected chi connectivity index (χ2v) is 4.27. The minimum absolute atomic E-state index is 0.0870. The maximum Gasteiger partial charge on any atom is 0.387 e. The molecule has 0 saturated carbocycles. The van der Waals surface area contributed by atoms with E-state index in [1.165, 1.54) is 12.1 Å². The average Bonchev–Trinajstić information content (AvgIpc) is 2.39. The summed E-state index contributed by atoms with van der Waals surface area (Å²) in [7, 11) is 0. The van der Waals surface area contributed by atoms with E-state index in [1.54, 1.807) is 37.3 Å². The molecule has 0 aliphatic heterocycles. The van der Waals surface area contributed by atoms with Crippen molar-refractivity contribution < 1.29 is 17.9 Å². The zero-order valence-corrected chi connectivity index (χ0v) is 10.9. The molecule has 1 N–H and O–H groups in total. The summed E-state index contributed by atoms with van der Waals surface area (Å²) in [5.41, 5.74) is 1.65. The van der Waals surface area contributed by atoms with Crippen LogP contribution in [-0.2, 0) is 6.54 Å². The Hall–Kier alpha value is -2.17. The van der Waals surface area contributed by atoms with E-state index in [2.05, 4.69) is 10.1 Å². The minimum Gasteiger partial charge on any atom is -0.434 e. The number of nitrogens with one attached hydrogen (secondary N) is 1. The van der Waals surface area contributed by atoms with Gasteiger partial charge < -0.3 is 10.1 Å². The molecule has 0 amide bonds. The van der Waals surface area contributed by atoms with E-state index in [0.717, 1.165) is 5.56 Å².